The zero-order valence-electron chi connectivity index (χ0n) is 10.3. The molecule has 0 saturated carbocycles. The molecule has 19 heavy (non-hydrogen) atoms. The highest BCUT2D eigenvalue weighted by atomic mass is 79.9. The highest BCUT2D eigenvalue weighted by Gasteiger charge is 2.10. The van der Waals surface area contributed by atoms with E-state index in [-0.39, 0.29) is 5.56 Å². The maximum atomic E-state index is 11.0. The number of aromatic nitrogens is 1. The van der Waals surface area contributed by atoms with Crippen LogP contribution in [0.3, 0.4) is 0 Å². The molecule has 0 bridgehead atoms. The largest absolute Gasteiger partial charge is 0.487 e. The highest BCUT2D eigenvalue weighted by Crippen LogP contribution is 2.22. The van der Waals surface area contributed by atoms with Gasteiger partial charge in [-0.05, 0) is 47.1 Å². The number of rotatable bonds is 4. The Labute approximate surface area is 119 Å². The molecule has 0 aliphatic carbocycles. The van der Waals surface area contributed by atoms with Crippen LogP contribution in [0.2, 0.25) is 0 Å². The molecule has 0 atom stereocenters. The van der Waals surface area contributed by atoms with E-state index in [1.54, 1.807) is 31.3 Å². The molecule has 0 fully saturated rings. The van der Waals surface area contributed by atoms with Gasteiger partial charge in [0.15, 0.2) is 0 Å². The van der Waals surface area contributed by atoms with Crippen molar-refractivity contribution in [3.63, 3.8) is 0 Å². The van der Waals surface area contributed by atoms with E-state index in [9.17, 15) is 4.79 Å². The molecular weight excluding hydrogens is 310 g/mol. The van der Waals surface area contributed by atoms with Gasteiger partial charge >= 0.3 is 5.97 Å². The van der Waals surface area contributed by atoms with Crippen LogP contribution in [0.5, 0.6) is 5.75 Å². The first-order valence-corrected chi connectivity index (χ1v) is 6.43. The van der Waals surface area contributed by atoms with Gasteiger partial charge in [-0.15, -0.1) is 0 Å². The topological polar surface area (TPSA) is 59.4 Å². The second-order valence-corrected chi connectivity index (χ2v) is 4.91. The van der Waals surface area contributed by atoms with Crippen LogP contribution >= 0.6 is 15.9 Å². The van der Waals surface area contributed by atoms with Crippen LogP contribution in [0.4, 0.5) is 0 Å². The molecule has 1 heterocycles. The molecule has 5 heteroatoms. The van der Waals surface area contributed by atoms with Crippen molar-refractivity contribution in [1.29, 1.82) is 0 Å². The van der Waals surface area contributed by atoms with Gasteiger partial charge in [0.1, 0.15) is 12.4 Å². The van der Waals surface area contributed by atoms with E-state index in [1.807, 2.05) is 12.1 Å². The van der Waals surface area contributed by atoms with E-state index in [1.165, 1.54) is 0 Å². The Bertz CT molecular complexity index is 596. The molecule has 0 aliphatic rings. The number of halogens is 1. The van der Waals surface area contributed by atoms with Crippen LogP contribution in [0.25, 0.3) is 0 Å². The van der Waals surface area contributed by atoms with Crippen molar-refractivity contribution in [3.8, 4) is 5.75 Å². The number of nitrogens with zero attached hydrogens (tertiary/aromatic N) is 1. The fraction of sp³-hybridized carbons (Fsp3) is 0.143. The van der Waals surface area contributed by atoms with Gasteiger partial charge in [-0.2, -0.15) is 0 Å². The summed E-state index contributed by atoms with van der Waals surface area (Å²) in [5, 5.41) is 9.03. The number of carboxylic acids is 1. The maximum absolute atomic E-state index is 11.0. The van der Waals surface area contributed by atoms with Crippen molar-refractivity contribution >= 4 is 21.9 Å². The first kappa shape index (κ1) is 13.5. The molecule has 1 N–H and O–H groups in total. The van der Waals surface area contributed by atoms with Crippen molar-refractivity contribution in [2.45, 2.75) is 13.5 Å². The van der Waals surface area contributed by atoms with Crippen molar-refractivity contribution in [2.24, 2.45) is 0 Å². The van der Waals surface area contributed by atoms with Crippen LogP contribution in [0, 0.1) is 6.92 Å². The molecule has 2 rings (SSSR count). The minimum Gasteiger partial charge on any atom is -0.487 e. The molecule has 4 nitrogen and oxygen atoms in total. The molecule has 1 aromatic heterocycles. The third-order valence-corrected chi connectivity index (χ3v) is 3.15. The molecule has 0 aliphatic heterocycles. The lowest BCUT2D eigenvalue weighted by Crippen LogP contribution is -2.04. The van der Waals surface area contributed by atoms with Crippen molar-refractivity contribution < 1.29 is 14.6 Å². The lowest BCUT2D eigenvalue weighted by molar-refractivity contribution is 0.0695. The summed E-state index contributed by atoms with van der Waals surface area (Å²) < 4.78 is 6.52. The number of benzene rings is 1. The average Bonchev–Trinajstić information content (AvgIpc) is 2.39. The molecule has 0 radical (unpaired) electrons. The lowest BCUT2D eigenvalue weighted by atomic mass is 10.1. The number of pyridine rings is 1. The zero-order valence-corrected chi connectivity index (χ0v) is 11.8. The van der Waals surface area contributed by atoms with Gasteiger partial charge in [0.05, 0.1) is 11.3 Å². The summed E-state index contributed by atoms with van der Waals surface area (Å²) >= 11 is 3.31. The fourth-order valence-corrected chi connectivity index (χ4v) is 1.88. The number of aromatic carboxylic acids is 1. The van der Waals surface area contributed by atoms with Crippen LogP contribution in [-0.2, 0) is 6.61 Å². The van der Waals surface area contributed by atoms with E-state index in [0.29, 0.717) is 17.9 Å². The summed E-state index contributed by atoms with van der Waals surface area (Å²) in [4.78, 5) is 15.2. The minimum atomic E-state index is -0.954. The Balaban J connectivity index is 2.13. The summed E-state index contributed by atoms with van der Waals surface area (Å²) in [5.74, 6) is -0.394. The molecule has 1 aromatic carbocycles. The molecule has 0 spiro atoms. The predicted molar refractivity (Wildman–Crippen MR) is 74.4 cm³/mol. The van der Waals surface area contributed by atoms with Gasteiger partial charge in [0.2, 0.25) is 0 Å². The molecule has 0 amide bonds. The van der Waals surface area contributed by atoms with Gasteiger partial charge in [-0.1, -0.05) is 6.07 Å². The lowest BCUT2D eigenvalue weighted by Gasteiger charge is -2.10. The van der Waals surface area contributed by atoms with Crippen LogP contribution in [-0.4, -0.2) is 16.1 Å². The summed E-state index contributed by atoms with van der Waals surface area (Å²) in [6.07, 6.45) is 1.69. The van der Waals surface area contributed by atoms with Gasteiger partial charge in [-0.25, -0.2) is 4.79 Å². The quantitative estimate of drug-likeness (QED) is 0.937. The molecule has 98 valence electrons. The molecule has 2 aromatic rings. The van der Waals surface area contributed by atoms with Gasteiger partial charge in [0.25, 0.3) is 0 Å². The standard InChI is InChI=1S/C14H12BrNO3/c1-9-12(14(17)18)3-2-4-13(9)19-8-11-6-5-10(15)7-16-11/h2-7H,8H2,1H3,(H,17,18). The van der Waals surface area contributed by atoms with Gasteiger partial charge < -0.3 is 9.84 Å². The first-order valence-electron chi connectivity index (χ1n) is 5.64. The SMILES string of the molecule is Cc1c(OCc2ccc(Br)cn2)cccc1C(=O)O. The Morgan fingerprint density at radius 1 is 1.37 bits per heavy atom. The van der Waals surface area contributed by atoms with Gasteiger partial charge in [-0.3, -0.25) is 4.98 Å². The first-order chi connectivity index (χ1) is 9.08. The Morgan fingerprint density at radius 3 is 2.79 bits per heavy atom. The van der Waals surface area contributed by atoms with Crippen molar-refractivity contribution in [2.75, 3.05) is 0 Å². The Kier molecular flexibility index (Phi) is 4.16. The fourth-order valence-electron chi connectivity index (χ4n) is 1.65. The molecular formula is C14H12BrNO3. The second-order valence-electron chi connectivity index (χ2n) is 3.99. The van der Waals surface area contributed by atoms with Crippen LogP contribution in [0.15, 0.2) is 41.0 Å². The smallest absolute Gasteiger partial charge is 0.336 e. The van der Waals surface area contributed by atoms with E-state index in [2.05, 4.69) is 20.9 Å². The summed E-state index contributed by atoms with van der Waals surface area (Å²) in [6, 6.07) is 8.70. The third-order valence-electron chi connectivity index (χ3n) is 2.68. The Hall–Kier alpha value is -1.88. The predicted octanol–water partition coefficient (Wildman–Crippen LogP) is 3.43. The molecule has 0 unspecified atom stereocenters. The average molecular weight is 322 g/mol. The number of carbonyl (C=O) groups is 1. The maximum Gasteiger partial charge on any atom is 0.336 e. The summed E-state index contributed by atoms with van der Waals surface area (Å²) in [6.45, 7) is 2.03. The van der Waals surface area contributed by atoms with Crippen LogP contribution < -0.4 is 4.74 Å². The monoisotopic (exact) mass is 321 g/mol. The minimum absolute atomic E-state index is 0.251. The van der Waals surface area contributed by atoms with Crippen LogP contribution in [0.1, 0.15) is 21.6 Å². The third kappa shape index (κ3) is 3.32. The Morgan fingerprint density at radius 2 is 2.16 bits per heavy atom. The number of ether oxygens (including phenoxy) is 1. The number of hydrogen-bond donors (Lipinski definition) is 1. The van der Waals surface area contributed by atoms with E-state index in [4.69, 9.17) is 9.84 Å². The van der Waals surface area contributed by atoms with Gasteiger partial charge in [0, 0.05) is 16.2 Å². The van der Waals surface area contributed by atoms with E-state index >= 15 is 0 Å². The highest BCUT2D eigenvalue weighted by molar-refractivity contribution is 9.10. The van der Waals surface area contributed by atoms with E-state index < -0.39 is 5.97 Å². The van der Waals surface area contributed by atoms with Crippen molar-refractivity contribution in [1.82, 2.24) is 4.98 Å². The number of carboxylic acid groups (broad SMARTS) is 1. The summed E-state index contributed by atoms with van der Waals surface area (Å²) in [5.41, 5.74) is 1.65. The zero-order chi connectivity index (χ0) is 13.8. The summed E-state index contributed by atoms with van der Waals surface area (Å²) in [7, 11) is 0. The van der Waals surface area contributed by atoms with Crippen molar-refractivity contribution in [3.05, 3.63) is 57.8 Å². The second kappa shape index (κ2) is 5.84. The normalized spacial score (nSPS) is 10.2. The number of hydrogen-bond acceptors (Lipinski definition) is 3. The van der Waals surface area contributed by atoms with E-state index in [0.717, 1.165) is 10.2 Å². The molecule has 0 saturated heterocycles.